The zero-order valence-electron chi connectivity index (χ0n) is 13.0. The summed E-state index contributed by atoms with van der Waals surface area (Å²) < 4.78 is 43.6. The SMILES string of the molecule is CN(c1cnc2c(C=O)ccc(F)c2c1)c1ncccc1OC(F)F. The lowest BCUT2D eigenvalue weighted by Gasteiger charge is -2.21. The van der Waals surface area contributed by atoms with Crippen LogP contribution in [0.2, 0.25) is 0 Å². The summed E-state index contributed by atoms with van der Waals surface area (Å²) in [5.74, 6) is -0.550. The van der Waals surface area contributed by atoms with Crippen LogP contribution >= 0.6 is 0 Å². The molecule has 2 heterocycles. The summed E-state index contributed by atoms with van der Waals surface area (Å²) >= 11 is 0. The first-order chi connectivity index (χ1) is 12.0. The minimum Gasteiger partial charge on any atom is -0.431 e. The highest BCUT2D eigenvalue weighted by Gasteiger charge is 2.17. The lowest BCUT2D eigenvalue weighted by atomic mass is 10.1. The third kappa shape index (κ3) is 3.23. The van der Waals surface area contributed by atoms with Crippen LogP contribution in [0.4, 0.5) is 24.7 Å². The van der Waals surface area contributed by atoms with Gasteiger partial charge in [-0.15, -0.1) is 0 Å². The second-order valence-corrected chi connectivity index (χ2v) is 5.11. The number of fused-ring (bicyclic) bond motifs is 1. The van der Waals surface area contributed by atoms with E-state index in [4.69, 9.17) is 0 Å². The van der Waals surface area contributed by atoms with Crippen molar-refractivity contribution in [3.8, 4) is 5.75 Å². The van der Waals surface area contributed by atoms with E-state index in [1.54, 1.807) is 7.05 Å². The zero-order chi connectivity index (χ0) is 18.0. The average Bonchev–Trinajstić information content (AvgIpc) is 2.61. The van der Waals surface area contributed by atoms with Crippen molar-refractivity contribution in [2.24, 2.45) is 0 Å². The van der Waals surface area contributed by atoms with Gasteiger partial charge in [-0.3, -0.25) is 9.78 Å². The van der Waals surface area contributed by atoms with Gasteiger partial charge in [-0.1, -0.05) is 0 Å². The van der Waals surface area contributed by atoms with Gasteiger partial charge in [0.1, 0.15) is 5.82 Å². The molecule has 0 radical (unpaired) electrons. The predicted octanol–water partition coefficient (Wildman–Crippen LogP) is 3.95. The third-order valence-electron chi connectivity index (χ3n) is 3.61. The first kappa shape index (κ1) is 16.7. The van der Waals surface area contributed by atoms with E-state index in [2.05, 4.69) is 14.7 Å². The number of anilines is 2. The number of pyridine rings is 2. The van der Waals surface area contributed by atoms with Crippen LogP contribution in [-0.4, -0.2) is 29.9 Å². The molecule has 0 spiro atoms. The Morgan fingerprint density at radius 3 is 2.76 bits per heavy atom. The summed E-state index contributed by atoms with van der Waals surface area (Å²) in [6.45, 7) is -3.00. The molecule has 128 valence electrons. The van der Waals surface area contributed by atoms with Gasteiger partial charge in [0, 0.05) is 24.2 Å². The lowest BCUT2D eigenvalue weighted by Crippen LogP contribution is -2.14. The van der Waals surface area contributed by atoms with E-state index in [9.17, 15) is 18.0 Å². The molecule has 25 heavy (non-hydrogen) atoms. The molecule has 0 amide bonds. The second-order valence-electron chi connectivity index (χ2n) is 5.11. The number of benzene rings is 1. The fraction of sp³-hybridized carbons (Fsp3) is 0.118. The van der Waals surface area contributed by atoms with Crippen molar-refractivity contribution in [1.82, 2.24) is 9.97 Å². The fourth-order valence-corrected chi connectivity index (χ4v) is 2.42. The van der Waals surface area contributed by atoms with Crippen LogP contribution in [0, 0.1) is 5.82 Å². The molecule has 0 saturated heterocycles. The summed E-state index contributed by atoms with van der Waals surface area (Å²) in [4.78, 5) is 20.6. The maximum Gasteiger partial charge on any atom is 0.387 e. The third-order valence-corrected chi connectivity index (χ3v) is 3.61. The summed E-state index contributed by atoms with van der Waals surface area (Å²) in [5.41, 5.74) is 0.870. The Morgan fingerprint density at radius 1 is 1.24 bits per heavy atom. The van der Waals surface area contributed by atoms with E-state index in [-0.39, 0.29) is 28.0 Å². The minimum atomic E-state index is -3.00. The van der Waals surface area contributed by atoms with E-state index in [0.29, 0.717) is 12.0 Å². The highest BCUT2D eigenvalue weighted by molar-refractivity contribution is 5.97. The smallest absolute Gasteiger partial charge is 0.387 e. The van der Waals surface area contributed by atoms with E-state index in [1.807, 2.05) is 0 Å². The number of alkyl halides is 2. The number of ether oxygens (including phenoxy) is 1. The molecule has 0 bridgehead atoms. The molecule has 1 aromatic carbocycles. The molecule has 3 rings (SSSR count). The molecule has 0 N–H and O–H groups in total. The number of halogens is 3. The van der Waals surface area contributed by atoms with Gasteiger partial charge in [-0.2, -0.15) is 8.78 Å². The fourth-order valence-electron chi connectivity index (χ4n) is 2.42. The van der Waals surface area contributed by atoms with Crippen molar-refractivity contribution < 1.29 is 22.7 Å². The van der Waals surface area contributed by atoms with Crippen LogP contribution in [-0.2, 0) is 0 Å². The molecule has 3 aromatic rings. The van der Waals surface area contributed by atoms with Gasteiger partial charge in [0.2, 0.25) is 0 Å². The largest absolute Gasteiger partial charge is 0.431 e. The Hall–Kier alpha value is -3.16. The van der Waals surface area contributed by atoms with Crippen molar-refractivity contribution in [2.75, 3.05) is 11.9 Å². The van der Waals surface area contributed by atoms with Gasteiger partial charge in [0.25, 0.3) is 0 Å². The number of rotatable bonds is 5. The van der Waals surface area contributed by atoms with Gasteiger partial charge in [0.05, 0.1) is 17.4 Å². The van der Waals surface area contributed by atoms with Crippen molar-refractivity contribution in [1.29, 1.82) is 0 Å². The van der Waals surface area contributed by atoms with E-state index >= 15 is 0 Å². The first-order valence-electron chi connectivity index (χ1n) is 7.18. The zero-order valence-corrected chi connectivity index (χ0v) is 13.0. The topological polar surface area (TPSA) is 55.3 Å². The summed E-state index contributed by atoms with van der Waals surface area (Å²) in [5, 5.41) is 0.140. The number of carbonyl (C=O) groups excluding carboxylic acids is 1. The first-order valence-corrected chi connectivity index (χ1v) is 7.18. The highest BCUT2D eigenvalue weighted by Crippen LogP contribution is 2.32. The Kier molecular flexibility index (Phi) is 4.51. The van der Waals surface area contributed by atoms with Crippen molar-refractivity contribution >= 4 is 28.7 Å². The number of aldehydes is 1. The standard InChI is InChI=1S/C17H12F3N3O2/c1-23(16-14(25-17(19)20)3-2-6-21-16)11-7-12-13(18)5-4-10(9-24)15(12)22-8-11/h2-9,17H,1H3. The van der Waals surface area contributed by atoms with Crippen molar-refractivity contribution in [3.63, 3.8) is 0 Å². The second kappa shape index (κ2) is 6.76. The number of nitrogens with zero attached hydrogens (tertiary/aromatic N) is 3. The van der Waals surface area contributed by atoms with Crippen molar-refractivity contribution in [2.45, 2.75) is 6.61 Å². The van der Waals surface area contributed by atoms with Gasteiger partial charge in [0.15, 0.2) is 17.9 Å². The van der Waals surface area contributed by atoms with Crippen LogP contribution in [0.25, 0.3) is 10.9 Å². The predicted molar refractivity (Wildman–Crippen MR) is 86.0 cm³/mol. The number of carbonyl (C=O) groups is 1. The normalized spacial score (nSPS) is 10.9. The molecule has 0 saturated carbocycles. The maximum atomic E-state index is 14.1. The van der Waals surface area contributed by atoms with Gasteiger partial charge < -0.3 is 9.64 Å². The molecular weight excluding hydrogens is 335 g/mol. The van der Waals surface area contributed by atoms with Gasteiger partial charge in [-0.25, -0.2) is 9.37 Å². The Morgan fingerprint density at radius 2 is 2.04 bits per heavy atom. The molecule has 0 atom stereocenters. The van der Waals surface area contributed by atoms with Crippen molar-refractivity contribution in [3.05, 3.63) is 54.1 Å². The van der Waals surface area contributed by atoms with Crippen LogP contribution in [0.5, 0.6) is 5.75 Å². The highest BCUT2D eigenvalue weighted by atomic mass is 19.3. The van der Waals surface area contributed by atoms with Crippen LogP contribution < -0.4 is 9.64 Å². The lowest BCUT2D eigenvalue weighted by molar-refractivity contribution is -0.0496. The molecule has 8 heteroatoms. The Bertz CT molecular complexity index is 934. The van der Waals surface area contributed by atoms with Crippen LogP contribution in [0.3, 0.4) is 0 Å². The molecule has 0 aliphatic heterocycles. The molecular formula is C17H12F3N3O2. The monoisotopic (exact) mass is 347 g/mol. The Balaban J connectivity index is 2.08. The number of hydrogen-bond donors (Lipinski definition) is 0. The molecule has 0 aliphatic rings. The quantitative estimate of drug-likeness (QED) is 0.654. The molecule has 0 fully saturated rings. The van der Waals surface area contributed by atoms with E-state index < -0.39 is 12.4 Å². The minimum absolute atomic E-state index is 0.121. The molecule has 0 unspecified atom stereocenters. The summed E-state index contributed by atoms with van der Waals surface area (Å²) in [6, 6.07) is 6.79. The van der Waals surface area contributed by atoms with E-state index in [0.717, 1.165) is 0 Å². The average molecular weight is 347 g/mol. The molecule has 0 aliphatic carbocycles. The Labute approximate surface area is 140 Å². The molecule has 2 aromatic heterocycles. The van der Waals surface area contributed by atoms with E-state index in [1.165, 1.54) is 47.6 Å². The van der Waals surface area contributed by atoms with Crippen LogP contribution in [0.15, 0.2) is 42.7 Å². The molecule has 5 nitrogen and oxygen atoms in total. The van der Waals surface area contributed by atoms with Crippen LogP contribution in [0.1, 0.15) is 10.4 Å². The number of hydrogen-bond acceptors (Lipinski definition) is 5. The summed E-state index contributed by atoms with van der Waals surface area (Å²) in [7, 11) is 1.56. The van der Waals surface area contributed by atoms with Gasteiger partial charge >= 0.3 is 6.61 Å². The van der Waals surface area contributed by atoms with Gasteiger partial charge in [-0.05, 0) is 30.3 Å². The number of aromatic nitrogens is 2. The summed E-state index contributed by atoms with van der Waals surface area (Å²) in [6.07, 6.45) is 3.41. The maximum absolute atomic E-state index is 14.1.